The lowest BCUT2D eigenvalue weighted by atomic mass is 10.1. The van der Waals surface area contributed by atoms with E-state index in [9.17, 15) is 5.11 Å². The number of aromatic nitrogens is 3. The lowest BCUT2D eigenvalue weighted by Crippen LogP contribution is -2.01. The van der Waals surface area contributed by atoms with Gasteiger partial charge in [-0.1, -0.05) is 23.8 Å². The molecule has 3 rings (SSSR count). The number of rotatable bonds is 4. The molecule has 0 bridgehead atoms. The van der Waals surface area contributed by atoms with Gasteiger partial charge in [-0.2, -0.15) is 0 Å². The molecule has 2 aromatic carbocycles. The van der Waals surface area contributed by atoms with Crippen molar-refractivity contribution in [3.8, 4) is 11.4 Å². The first-order chi connectivity index (χ1) is 10.2. The zero-order valence-electron chi connectivity index (χ0n) is 11.7. The molecule has 0 aliphatic carbocycles. The Morgan fingerprint density at radius 1 is 1.10 bits per heavy atom. The highest BCUT2D eigenvalue weighted by Gasteiger charge is 2.02. The van der Waals surface area contributed by atoms with E-state index >= 15 is 0 Å². The Balaban J connectivity index is 1.76. The van der Waals surface area contributed by atoms with E-state index < -0.39 is 0 Å². The smallest absolute Gasteiger partial charge is 0.123 e. The molecular formula is C16H16N4O. The molecule has 0 amide bonds. The van der Waals surface area contributed by atoms with Crippen molar-refractivity contribution in [2.24, 2.45) is 0 Å². The van der Waals surface area contributed by atoms with Crippen molar-refractivity contribution in [2.75, 3.05) is 5.32 Å². The first kappa shape index (κ1) is 13.2. The Hall–Kier alpha value is -2.82. The van der Waals surface area contributed by atoms with E-state index in [4.69, 9.17) is 0 Å². The summed E-state index contributed by atoms with van der Waals surface area (Å²) in [6, 6.07) is 13.5. The Bertz CT molecular complexity index is 738. The molecule has 0 saturated heterocycles. The SMILES string of the molecule is Cc1ccc(O)c(CNc2cccc(-n3cnnc3)c2)c1. The Morgan fingerprint density at radius 2 is 1.90 bits per heavy atom. The summed E-state index contributed by atoms with van der Waals surface area (Å²) in [6.07, 6.45) is 3.32. The second-order valence-electron chi connectivity index (χ2n) is 4.91. The van der Waals surface area contributed by atoms with Crippen LogP contribution in [0.1, 0.15) is 11.1 Å². The summed E-state index contributed by atoms with van der Waals surface area (Å²) in [5.74, 6) is 0.308. The monoisotopic (exact) mass is 280 g/mol. The van der Waals surface area contributed by atoms with Gasteiger partial charge >= 0.3 is 0 Å². The third-order valence-electron chi connectivity index (χ3n) is 3.28. The second kappa shape index (κ2) is 5.66. The average molecular weight is 280 g/mol. The quantitative estimate of drug-likeness (QED) is 0.771. The molecule has 2 N–H and O–H groups in total. The van der Waals surface area contributed by atoms with Crippen LogP contribution in [0.4, 0.5) is 5.69 Å². The lowest BCUT2D eigenvalue weighted by molar-refractivity contribution is 0.469. The largest absolute Gasteiger partial charge is 0.508 e. The molecule has 0 aliphatic rings. The van der Waals surface area contributed by atoms with Gasteiger partial charge in [0.2, 0.25) is 0 Å². The van der Waals surface area contributed by atoms with Crippen LogP contribution in [-0.2, 0) is 6.54 Å². The summed E-state index contributed by atoms with van der Waals surface area (Å²) in [4.78, 5) is 0. The molecule has 1 heterocycles. The van der Waals surface area contributed by atoms with Gasteiger partial charge in [0.15, 0.2) is 0 Å². The zero-order chi connectivity index (χ0) is 14.7. The van der Waals surface area contributed by atoms with Crippen molar-refractivity contribution in [1.29, 1.82) is 0 Å². The molecule has 0 saturated carbocycles. The number of benzene rings is 2. The Morgan fingerprint density at radius 3 is 2.71 bits per heavy atom. The van der Waals surface area contributed by atoms with Crippen molar-refractivity contribution in [1.82, 2.24) is 14.8 Å². The van der Waals surface area contributed by atoms with Gasteiger partial charge in [-0.25, -0.2) is 0 Å². The van der Waals surface area contributed by atoms with Gasteiger partial charge in [-0.3, -0.25) is 4.57 Å². The van der Waals surface area contributed by atoms with Crippen LogP contribution in [0.5, 0.6) is 5.75 Å². The van der Waals surface area contributed by atoms with E-state index in [1.54, 1.807) is 18.7 Å². The minimum Gasteiger partial charge on any atom is -0.508 e. The molecule has 0 radical (unpaired) electrons. The van der Waals surface area contributed by atoms with Crippen LogP contribution >= 0.6 is 0 Å². The maximum Gasteiger partial charge on any atom is 0.123 e. The van der Waals surface area contributed by atoms with Crippen LogP contribution in [0.25, 0.3) is 5.69 Å². The third-order valence-corrected chi connectivity index (χ3v) is 3.28. The fourth-order valence-corrected chi connectivity index (χ4v) is 2.16. The molecule has 0 fully saturated rings. The summed E-state index contributed by atoms with van der Waals surface area (Å²) in [6.45, 7) is 2.58. The first-order valence-electron chi connectivity index (χ1n) is 6.70. The van der Waals surface area contributed by atoms with Gasteiger partial charge in [0, 0.05) is 17.8 Å². The molecule has 21 heavy (non-hydrogen) atoms. The molecule has 5 nitrogen and oxygen atoms in total. The van der Waals surface area contributed by atoms with Gasteiger partial charge in [0.25, 0.3) is 0 Å². The average Bonchev–Trinajstić information content (AvgIpc) is 3.03. The number of anilines is 1. The highest BCUT2D eigenvalue weighted by Crippen LogP contribution is 2.20. The van der Waals surface area contributed by atoms with E-state index in [0.717, 1.165) is 22.5 Å². The Kier molecular flexibility index (Phi) is 3.55. The molecule has 1 aromatic heterocycles. The fourth-order valence-electron chi connectivity index (χ4n) is 2.16. The van der Waals surface area contributed by atoms with Gasteiger partial charge in [0.05, 0.1) is 5.69 Å². The van der Waals surface area contributed by atoms with Crippen LogP contribution < -0.4 is 5.32 Å². The summed E-state index contributed by atoms with van der Waals surface area (Å²) in [5.41, 5.74) is 3.97. The summed E-state index contributed by atoms with van der Waals surface area (Å²) in [5, 5.41) is 20.8. The van der Waals surface area contributed by atoms with Crippen molar-refractivity contribution in [3.05, 3.63) is 66.2 Å². The molecule has 3 aromatic rings. The van der Waals surface area contributed by atoms with Gasteiger partial charge in [0.1, 0.15) is 18.4 Å². The van der Waals surface area contributed by atoms with Crippen molar-refractivity contribution in [3.63, 3.8) is 0 Å². The highest BCUT2D eigenvalue weighted by atomic mass is 16.3. The minimum atomic E-state index is 0.308. The number of aromatic hydroxyl groups is 1. The van der Waals surface area contributed by atoms with E-state index in [0.29, 0.717) is 12.3 Å². The van der Waals surface area contributed by atoms with E-state index in [2.05, 4.69) is 15.5 Å². The molecular weight excluding hydrogens is 264 g/mol. The number of nitrogens with zero attached hydrogens (tertiary/aromatic N) is 3. The predicted molar refractivity (Wildman–Crippen MR) is 81.5 cm³/mol. The van der Waals surface area contributed by atoms with Crippen LogP contribution in [0.3, 0.4) is 0 Å². The standard InChI is InChI=1S/C16H16N4O/c1-12-5-6-16(21)13(7-12)9-17-14-3-2-4-15(8-14)20-10-18-19-11-20/h2-8,10-11,17,21H,9H2,1H3. The van der Waals surface area contributed by atoms with Gasteiger partial charge < -0.3 is 10.4 Å². The fraction of sp³-hybridized carbons (Fsp3) is 0.125. The summed E-state index contributed by atoms with van der Waals surface area (Å²) < 4.78 is 1.84. The molecule has 0 unspecified atom stereocenters. The van der Waals surface area contributed by atoms with Crippen molar-refractivity contribution in [2.45, 2.75) is 13.5 Å². The Labute approximate surface area is 122 Å². The van der Waals surface area contributed by atoms with Crippen LogP contribution in [0.15, 0.2) is 55.1 Å². The molecule has 5 heteroatoms. The minimum absolute atomic E-state index is 0.308. The van der Waals surface area contributed by atoms with E-state index in [1.807, 2.05) is 47.9 Å². The van der Waals surface area contributed by atoms with Gasteiger partial charge in [-0.05, 0) is 31.2 Å². The lowest BCUT2D eigenvalue weighted by Gasteiger charge is -2.10. The molecule has 0 aliphatic heterocycles. The van der Waals surface area contributed by atoms with E-state index in [-0.39, 0.29) is 0 Å². The van der Waals surface area contributed by atoms with Gasteiger partial charge in [-0.15, -0.1) is 10.2 Å². The summed E-state index contributed by atoms with van der Waals surface area (Å²) >= 11 is 0. The molecule has 106 valence electrons. The third kappa shape index (κ3) is 3.02. The first-order valence-corrected chi connectivity index (χ1v) is 6.70. The highest BCUT2D eigenvalue weighted by molar-refractivity contribution is 5.52. The van der Waals surface area contributed by atoms with Crippen molar-refractivity contribution < 1.29 is 5.11 Å². The number of aryl methyl sites for hydroxylation is 1. The maximum atomic E-state index is 9.86. The number of phenols is 1. The zero-order valence-corrected chi connectivity index (χ0v) is 11.7. The summed E-state index contributed by atoms with van der Waals surface area (Å²) in [7, 11) is 0. The predicted octanol–water partition coefficient (Wildman–Crippen LogP) is 2.89. The van der Waals surface area contributed by atoms with E-state index in [1.165, 1.54) is 0 Å². The second-order valence-corrected chi connectivity index (χ2v) is 4.91. The van der Waals surface area contributed by atoms with Crippen LogP contribution in [-0.4, -0.2) is 19.9 Å². The molecule has 0 spiro atoms. The number of phenolic OH excluding ortho intramolecular Hbond substituents is 1. The maximum absolute atomic E-state index is 9.86. The molecule has 0 atom stereocenters. The number of nitrogens with one attached hydrogen (secondary N) is 1. The topological polar surface area (TPSA) is 63.0 Å². The van der Waals surface area contributed by atoms with Crippen LogP contribution in [0.2, 0.25) is 0 Å². The number of hydrogen-bond donors (Lipinski definition) is 2. The van der Waals surface area contributed by atoms with Crippen molar-refractivity contribution >= 4 is 5.69 Å². The normalized spacial score (nSPS) is 10.5. The number of hydrogen-bond acceptors (Lipinski definition) is 4. The van der Waals surface area contributed by atoms with Crippen LogP contribution in [0, 0.1) is 6.92 Å².